The van der Waals surface area contributed by atoms with Gasteiger partial charge in [0, 0.05) is 6.42 Å². The Kier molecular flexibility index (Phi) is 6.04. The number of esters is 1. The number of carbonyl (C=O) groups excluding carboxylic acids is 1. The van der Waals surface area contributed by atoms with Crippen LogP contribution in [0.5, 0.6) is 0 Å². The summed E-state index contributed by atoms with van der Waals surface area (Å²) in [7, 11) is 1.44. The summed E-state index contributed by atoms with van der Waals surface area (Å²) in [4.78, 5) is 11.7. The molecule has 4 aliphatic rings. The Morgan fingerprint density at radius 3 is 2.43 bits per heavy atom. The smallest absolute Gasteiger partial charge is 0.305 e. The highest BCUT2D eigenvalue weighted by Gasteiger charge is 2.65. The second-order valence-corrected chi connectivity index (χ2v) is 11.7. The summed E-state index contributed by atoms with van der Waals surface area (Å²) in [5.41, 5.74) is 0.174. The van der Waals surface area contributed by atoms with Crippen molar-refractivity contribution in [2.75, 3.05) is 7.11 Å². The Hall–Kier alpha value is -0.650. The molecule has 5 nitrogen and oxygen atoms in total. The molecular formula is C25H42O5. The van der Waals surface area contributed by atoms with Gasteiger partial charge in [0.25, 0.3) is 0 Å². The molecule has 4 fully saturated rings. The van der Waals surface area contributed by atoms with Crippen LogP contribution in [0.15, 0.2) is 0 Å². The van der Waals surface area contributed by atoms with Crippen LogP contribution in [-0.4, -0.2) is 46.7 Å². The zero-order chi connectivity index (χ0) is 21.8. The monoisotopic (exact) mass is 422 g/mol. The number of ether oxygens (including phenoxy) is 1. The summed E-state index contributed by atoms with van der Waals surface area (Å²) in [6.45, 7) is 6.96. The minimum Gasteiger partial charge on any atom is -0.469 e. The van der Waals surface area contributed by atoms with Gasteiger partial charge in [-0.1, -0.05) is 20.8 Å². The number of rotatable bonds is 4. The van der Waals surface area contributed by atoms with Crippen LogP contribution in [0.2, 0.25) is 0 Å². The lowest BCUT2D eigenvalue weighted by Crippen LogP contribution is -2.60. The number of aliphatic hydroxyl groups excluding tert-OH is 3. The number of fused-ring (bicyclic) bond motifs is 5. The lowest BCUT2D eigenvalue weighted by Gasteiger charge is -2.62. The van der Waals surface area contributed by atoms with Gasteiger partial charge < -0.3 is 20.1 Å². The molecule has 0 aliphatic heterocycles. The fourth-order valence-corrected chi connectivity index (χ4v) is 8.83. The van der Waals surface area contributed by atoms with Crippen LogP contribution in [0, 0.1) is 46.3 Å². The molecule has 0 bridgehead atoms. The van der Waals surface area contributed by atoms with Crippen LogP contribution in [0.4, 0.5) is 0 Å². The lowest BCUT2D eigenvalue weighted by atomic mass is 9.43. The molecule has 0 amide bonds. The van der Waals surface area contributed by atoms with Crippen molar-refractivity contribution < 1.29 is 24.9 Å². The van der Waals surface area contributed by atoms with Crippen molar-refractivity contribution in [3.63, 3.8) is 0 Å². The maximum Gasteiger partial charge on any atom is 0.305 e. The van der Waals surface area contributed by atoms with Gasteiger partial charge in [-0.3, -0.25) is 4.79 Å². The summed E-state index contributed by atoms with van der Waals surface area (Å²) in [5, 5.41) is 32.8. The fourth-order valence-electron chi connectivity index (χ4n) is 8.83. The SMILES string of the molecule is COC(=O)CC[C@@H](C)[C@H]1C[C@H](O)[C@H]2C3C(CCC12C)C1(C)CC[C@@H](O)CC1C[C@H]3O. The zero-order valence-electron chi connectivity index (χ0n) is 19.2. The average Bonchev–Trinajstić information content (AvgIpc) is 2.98. The molecule has 3 N–H and O–H groups in total. The molecule has 4 aliphatic carbocycles. The van der Waals surface area contributed by atoms with E-state index in [0.29, 0.717) is 30.1 Å². The van der Waals surface area contributed by atoms with E-state index in [4.69, 9.17) is 4.74 Å². The highest BCUT2D eigenvalue weighted by molar-refractivity contribution is 5.69. The first-order valence-electron chi connectivity index (χ1n) is 12.2. The minimum atomic E-state index is -0.387. The summed E-state index contributed by atoms with van der Waals surface area (Å²) in [6.07, 6.45) is 6.67. The minimum absolute atomic E-state index is 0.00841. The molecule has 0 aromatic carbocycles. The number of methoxy groups -OCH3 is 1. The van der Waals surface area contributed by atoms with E-state index in [1.165, 1.54) is 7.11 Å². The van der Waals surface area contributed by atoms with E-state index in [1.807, 2.05) is 0 Å². The normalized spacial score (nSPS) is 51.4. The van der Waals surface area contributed by atoms with Gasteiger partial charge in [0.1, 0.15) is 0 Å². The second-order valence-electron chi connectivity index (χ2n) is 11.7. The van der Waals surface area contributed by atoms with E-state index in [1.54, 1.807) is 0 Å². The average molecular weight is 423 g/mol. The number of aliphatic hydroxyl groups is 3. The maximum atomic E-state index is 11.7. The molecule has 30 heavy (non-hydrogen) atoms. The zero-order valence-corrected chi connectivity index (χ0v) is 19.2. The predicted octanol–water partition coefficient (Wildman–Crippen LogP) is 3.54. The van der Waals surface area contributed by atoms with E-state index in [0.717, 1.165) is 51.4 Å². The van der Waals surface area contributed by atoms with E-state index >= 15 is 0 Å². The Labute approximate surface area is 181 Å². The molecule has 5 unspecified atom stereocenters. The Bertz CT molecular complexity index is 651. The molecule has 11 atom stereocenters. The third kappa shape index (κ3) is 3.44. The molecule has 4 saturated carbocycles. The van der Waals surface area contributed by atoms with Gasteiger partial charge >= 0.3 is 5.97 Å². The van der Waals surface area contributed by atoms with Gasteiger partial charge in [-0.15, -0.1) is 0 Å². The molecule has 5 heteroatoms. The van der Waals surface area contributed by atoms with Gasteiger partial charge in [-0.2, -0.15) is 0 Å². The van der Waals surface area contributed by atoms with E-state index < -0.39 is 0 Å². The summed E-state index contributed by atoms with van der Waals surface area (Å²) < 4.78 is 4.83. The quantitative estimate of drug-likeness (QED) is 0.603. The van der Waals surface area contributed by atoms with Crippen LogP contribution in [0.1, 0.15) is 78.6 Å². The standard InChI is InChI=1S/C25H42O5/c1-14(5-6-21(29)30-4)18-13-20(28)23-22-17(8-10-25(18,23)3)24(2)9-7-16(26)11-15(24)12-19(22)27/h14-20,22-23,26-28H,5-13H2,1-4H3/t14-,15?,16-,17?,18-,19-,20+,22?,23+,24?,25?/m1/s1. The Morgan fingerprint density at radius 2 is 1.73 bits per heavy atom. The molecule has 0 saturated heterocycles. The van der Waals surface area contributed by atoms with E-state index in [-0.39, 0.29) is 46.9 Å². The maximum absolute atomic E-state index is 11.7. The molecule has 0 aromatic heterocycles. The number of carbonyl (C=O) groups is 1. The van der Waals surface area contributed by atoms with Crippen LogP contribution in [0.3, 0.4) is 0 Å². The van der Waals surface area contributed by atoms with Crippen LogP contribution in [0.25, 0.3) is 0 Å². The highest BCUT2D eigenvalue weighted by Crippen LogP contribution is 2.68. The largest absolute Gasteiger partial charge is 0.469 e. The third-order valence-corrected chi connectivity index (χ3v) is 10.4. The van der Waals surface area contributed by atoms with Crippen molar-refractivity contribution >= 4 is 5.97 Å². The molecule has 0 radical (unpaired) electrons. The van der Waals surface area contributed by atoms with Crippen molar-refractivity contribution in [2.24, 2.45) is 46.3 Å². The topological polar surface area (TPSA) is 87.0 Å². The summed E-state index contributed by atoms with van der Waals surface area (Å²) in [5.74, 6) is 1.64. The van der Waals surface area contributed by atoms with Crippen molar-refractivity contribution in [3.05, 3.63) is 0 Å². The molecule has 0 aromatic rings. The highest BCUT2D eigenvalue weighted by atomic mass is 16.5. The molecular weight excluding hydrogens is 380 g/mol. The van der Waals surface area contributed by atoms with Crippen molar-refractivity contribution in [1.29, 1.82) is 0 Å². The molecule has 4 rings (SSSR count). The number of hydrogen-bond acceptors (Lipinski definition) is 5. The first-order valence-corrected chi connectivity index (χ1v) is 12.2. The Balaban J connectivity index is 1.57. The Morgan fingerprint density at radius 1 is 1.03 bits per heavy atom. The first-order chi connectivity index (χ1) is 14.1. The van der Waals surface area contributed by atoms with Crippen molar-refractivity contribution in [1.82, 2.24) is 0 Å². The lowest BCUT2D eigenvalue weighted by molar-refractivity contribution is -0.185. The molecule has 0 heterocycles. The van der Waals surface area contributed by atoms with Crippen molar-refractivity contribution in [3.8, 4) is 0 Å². The van der Waals surface area contributed by atoms with Crippen LogP contribution in [-0.2, 0) is 9.53 Å². The van der Waals surface area contributed by atoms with Crippen molar-refractivity contribution in [2.45, 2.75) is 96.9 Å². The van der Waals surface area contributed by atoms with Gasteiger partial charge in [-0.05, 0) is 97.7 Å². The van der Waals surface area contributed by atoms with E-state index in [2.05, 4.69) is 20.8 Å². The number of hydrogen-bond donors (Lipinski definition) is 3. The summed E-state index contributed by atoms with van der Waals surface area (Å²) in [6, 6.07) is 0. The van der Waals surface area contributed by atoms with E-state index in [9.17, 15) is 20.1 Å². The third-order valence-electron chi connectivity index (χ3n) is 10.4. The van der Waals surface area contributed by atoms with Crippen LogP contribution >= 0.6 is 0 Å². The van der Waals surface area contributed by atoms with Gasteiger partial charge in [0.15, 0.2) is 0 Å². The predicted molar refractivity (Wildman–Crippen MR) is 114 cm³/mol. The molecule has 172 valence electrons. The van der Waals surface area contributed by atoms with Gasteiger partial charge in [0.05, 0.1) is 25.4 Å². The van der Waals surface area contributed by atoms with Gasteiger partial charge in [-0.25, -0.2) is 0 Å². The summed E-state index contributed by atoms with van der Waals surface area (Å²) >= 11 is 0. The molecule has 0 spiro atoms. The van der Waals surface area contributed by atoms with Gasteiger partial charge in [0.2, 0.25) is 0 Å². The second kappa shape index (κ2) is 8.04. The fraction of sp³-hybridized carbons (Fsp3) is 0.960. The van der Waals surface area contributed by atoms with Crippen LogP contribution < -0.4 is 0 Å². The first kappa shape index (κ1) is 22.5.